The standard InChI is InChI=1S/C57H69N7O11/c1-44(49-32-17-8-18-33-49)75-52(51(66)58-35-21-22-38-64(57(70)74-43-48-30-15-7-16-31-48)39-23-37-60-54(67)71-40-45-24-9-4-10-25-45)61-50(65)34-19-2-3-20-36-59-53(62-55(68)72-41-46-26-11-5-12-27-46)63-56(69)73-42-47-28-13-6-14-29-47/h4-18,24-33,44,52H,2-3,19-23,34-43H2,1H3,(H,58,66)(H,60,67)(H,61,65)(H2,59,62,63,68,69)/t44-,52-/m0/s1. The molecule has 0 bridgehead atoms. The molecular formula is C57H69N7O11. The summed E-state index contributed by atoms with van der Waals surface area (Å²) in [6.07, 6.45) is -0.449. The molecule has 0 heterocycles. The van der Waals surface area contributed by atoms with Crippen LogP contribution in [0.2, 0.25) is 0 Å². The van der Waals surface area contributed by atoms with Crippen LogP contribution in [0.4, 0.5) is 19.2 Å². The first-order valence-electron chi connectivity index (χ1n) is 25.3. The van der Waals surface area contributed by atoms with Crippen molar-refractivity contribution in [3.8, 4) is 0 Å². The van der Waals surface area contributed by atoms with Gasteiger partial charge in [0.15, 0.2) is 0 Å². The average molecular weight is 1030 g/mol. The number of ether oxygens (including phenoxy) is 5. The van der Waals surface area contributed by atoms with E-state index in [1.165, 1.54) is 0 Å². The van der Waals surface area contributed by atoms with E-state index in [1.54, 1.807) is 11.8 Å². The van der Waals surface area contributed by atoms with Crippen molar-refractivity contribution >= 4 is 42.1 Å². The Morgan fingerprint density at radius 2 is 0.947 bits per heavy atom. The van der Waals surface area contributed by atoms with Gasteiger partial charge < -0.3 is 44.5 Å². The van der Waals surface area contributed by atoms with E-state index < -0.39 is 42.6 Å². The predicted octanol–water partition coefficient (Wildman–Crippen LogP) is 9.22. The summed E-state index contributed by atoms with van der Waals surface area (Å²) >= 11 is 0. The van der Waals surface area contributed by atoms with Crippen molar-refractivity contribution in [1.82, 2.24) is 31.5 Å². The highest BCUT2D eigenvalue weighted by Crippen LogP contribution is 2.18. The van der Waals surface area contributed by atoms with Crippen molar-refractivity contribution in [1.29, 1.82) is 0 Å². The zero-order chi connectivity index (χ0) is 53.1. The number of nitrogens with one attached hydrogen (secondary N) is 5. The molecule has 5 aromatic carbocycles. The third-order valence-corrected chi connectivity index (χ3v) is 11.3. The maximum atomic E-state index is 13.6. The number of guanidine groups is 1. The quantitative estimate of drug-likeness (QED) is 0.00998. The first kappa shape index (κ1) is 57.6. The molecule has 6 amide bonds. The number of alkyl carbamates (subject to hydrolysis) is 3. The monoisotopic (exact) mass is 1030 g/mol. The van der Waals surface area contributed by atoms with Crippen LogP contribution < -0.4 is 26.6 Å². The Bertz CT molecular complexity index is 2430. The van der Waals surface area contributed by atoms with Crippen LogP contribution in [0.5, 0.6) is 0 Å². The molecule has 0 radical (unpaired) electrons. The van der Waals surface area contributed by atoms with Gasteiger partial charge in [0.2, 0.25) is 18.1 Å². The minimum atomic E-state index is -1.28. The second-order valence-electron chi connectivity index (χ2n) is 17.3. The summed E-state index contributed by atoms with van der Waals surface area (Å²) in [7, 11) is 0. The molecule has 0 spiro atoms. The van der Waals surface area contributed by atoms with Gasteiger partial charge in [-0.1, -0.05) is 165 Å². The lowest BCUT2D eigenvalue weighted by Gasteiger charge is -2.24. The van der Waals surface area contributed by atoms with Crippen LogP contribution in [0.25, 0.3) is 0 Å². The van der Waals surface area contributed by atoms with Crippen LogP contribution in [-0.4, -0.2) is 86.0 Å². The van der Waals surface area contributed by atoms with Crippen LogP contribution in [-0.2, 0) is 59.7 Å². The van der Waals surface area contributed by atoms with Crippen molar-refractivity contribution in [3.05, 3.63) is 179 Å². The molecule has 0 aliphatic heterocycles. The number of hydrogen-bond donors (Lipinski definition) is 5. The summed E-state index contributed by atoms with van der Waals surface area (Å²) < 4.78 is 27.7. The summed E-state index contributed by atoms with van der Waals surface area (Å²) in [6.45, 7) is 3.49. The number of carbonyl (C=O) groups is 6. The van der Waals surface area contributed by atoms with Gasteiger partial charge >= 0.3 is 24.4 Å². The number of carbonyl (C=O) groups excluding carboxylic acids is 6. The van der Waals surface area contributed by atoms with Crippen molar-refractivity contribution < 1.29 is 52.5 Å². The van der Waals surface area contributed by atoms with E-state index in [2.05, 4.69) is 31.6 Å². The summed E-state index contributed by atoms with van der Waals surface area (Å²) in [5, 5.41) is 13.3. The molecule has 398 valence electrons. The molecule has 75 heavy (non-hydrogen) atoms. The van der Waals surface area contributed by atoms with Crippen LogP contribution in [0.15, 0.2) is 157 Å². The van der Waals surface area contributed by atoms with Gasteiger partial charge in [0.05, 0.1) is 6.10 Å². The first-order valence-corrected chi connectivity index (χ1v) is 25.3. The van der Waals surface area contributed by atoms with Crippen molar-refractivity contribution in [2.45, 2.75) is 97.0 Å². The molecule has 0 unspecified atom stereocenters. The number of benzene rings is 5. The molecule has 18 nitrogen and oxygen atoms in total. The molecule has 5 N–H and O–H groups in total. The van der Waals surface area contributed by atoms with Crippen molar-refractivity contribution in [3.63, 3.8) is 0 Å². The SMILES string of the molecule is C[C@H](O[C@H](NC(=O)CCCCCCN=C(NC(=O)OCc1ccccc1)NC(=O)OCc1ccccc1)C(=O)NCCCCN(CCCNC(=O)OCc1ccccc1)C(=O)OCc1ccccc1)c1ccccc1. The highest BCUT2D eigenvalue weighted by molar-refractivity contribution is 6.01. The third kappa shape index (κ3) is 24.4. The molecule has 18 heteroatoms. The molecule has 5 rings (SSSR count). The Labute approximate surface area is 438 Å². The Morgan fingerprint density at radius 3 is 1.48 bits per heavy atom. The molecule has 0 saturated heterocycles. The van der Waals surface area contributed by atoms with E-state index in [9.17, 15) is 28.8 Å². The zero-order valence-electron chi connectivity index (χ0n) is 42.5. The molecule has 2 atom stereocenters. The van der Waals surface area contributed by atoms with Gasteiger partial charge in [-0.05, 0) is 66.8 Å². The highest BCUT2D eigenvalue weighted by Gasteiger charge is 2.25. The molecule has 0 aliphatic carbocycles. The normalized spacial score (nSPS) is 11.4. The number of hydrogen-bond acceptors (Lipinski definition) is 12. The average Bonchev–Trinajstić information content (AvgIpc) is 3.44. The Kier molecular flexibility index (Phi) is 26.3. The van der Waals surface area contributed by atoms with Gasteiger partial charge in [-0.2, -0.15) is 0 Å². The Morgan fingerprint density at radius 1 is 0.493 bits per heavy atom. The minimum absolute atomic E-state index is 0.0194. The van der Waals surface area contributed by atoms with Crippen molar-refractivity contribution in [2.75, 3.05) is 32.7 Å². The summed E-state index contributed by atoms with van der Waals surface area (Å²) in [6, 6.07) is 46.4. The second-order valence-corrected chi connectivity index (χ2v) is 17.3. The fourth-order valence-corrected chi connectivity index (χ4v) is 7.22. The number of nitrogens with zero attached hydrogens (tertiary/aromatic N) is 2. The fourth-order valence-electron chi connectivity index (χ4n) is 7.22. The summed E-state index contributed by atoms with van der Waals surface area (Å²) in [5.41, 5.74) is 4.12. The Hall–Kier alpha value is -8.25. The largest absolute Gasteiger partial charge is 0.445 e. The fraction of sp³-hybridized carbons (Fsp3) is 0.351. The van der Waals surface area contributed by atoms with E-state index in [0.29, 0.717) is 58.0 Å². The zero-order valence-corrected chi connectivity index (χ0v) is 42.5. The molecule has 0 saturated carbocycles. The van der Waals surface area contributed by atoms with Gasteiger partial charge in [-0.25, -0.2) is 19.2 Å². The predicted molar refractivity (Wildman–Crippen MR) is 282 cm³/mol. The van der Waals surface area contributed by atoms with Gasteiger partial charge in [0.1, 0.15) is 26.4 Å². The summed E-state index contributed by atoms with van der Waals surface area (Å²) in [5.74, 6) is -1.00. The molecule has 0 aromatic heterocycles. The van der Waals surface area contributed by atoms with E-state index in [0.717, 1.165) is 27.8 Å². The van der Waals surface area contributed by atoms with E-state index >= 15 is 0 Å². The van der Waals surface area contributed by atoms with Crippen LogP contribution in [0.3, 0.4) is 0 Å². The number of aliphatic imine (C=N–C) groups is 1. The highest BCUT2D eigenvalue weighted by atomic mass is 16.6. The Balaban J connectivity index is 1.06. The first-order chi connectivity index (χ1) is 36.6. The van der Waals surface area contributed by atoms with Crippen LogP contribution in [0, 0.1) is 0 Å². The van der Waals surface area contributed by atoms with Gasteiger partial charge in [-0.15, -0.1) is 0 Å². The lowest BCUT2D eigenvalue weighted by Crippen LogP contribution is -2.49. The number of rotatable bonds is 29. The molecular weight excluding hydrogens is 959 g/mol. The minimum Gasteiger partial charge on any atom is -0.445 e. The maximum absolute atomic E-state index is 13.6. The van der Waals surface area contributed by atoms with E-state index in [4.69, 9.17) is 23.7 Å². The molecule has 0 fully saturated rings. The van der Waals surface area contributed by atoms with Crippen LogP contribution >= 0.6 is 0 Å². The van der Waals surface area contributed by atoms with Gasteiger partial charge in [-0.3, -0.25) is 25.2 Å². The van der Waals surface area contributed by atoms with Gasteiger partial charge in [0, 0.05) is 39.1 Å². The smallest absolute Gasteiger partial charge is 0.414 e. The van der Waals surface area contributed by atoms with E-state index in [1.807, 2.05) is 152 Å². The number of unbranched alkanes of at least 4 members (excludes halogenated alkanes) is 4. The molecule has 0 aliphatic rings. The van der Waals surface area contributed by atoms with E-state index in [-0.39, 0.29) is 64.3 Å². The van der Waals surface area contributed by atoms with Gasteiger partial charge in [0.25, 0.3) is 5.91 Å². The summed E-state index contributed by atoms with van der Waals surface area (Å²) in [4.78, 5) is 83.6. The number of amides is 6. The lowest BCUT2D eigenvalue weighted by molar-refractivity contribution is -0.145. The topological polar surface area (TPSA) is 224 Å². The second kappa shape index (κ2) is 34.2. The third-order valence-electron chi connectivity index (χ3n) is 11.3. The van der Waals surface area contributed by atoms with Crippen molar-refractivity contribution in [2.24, 2.45) is 4.99 Å². The lowest BCUT2D eigenvalue weighted by atomic mass is 10.1. The van der Waals surface area contributed by atoms with Crippen LogP contribution in [0.1, 0.15) is 92.2 Å². The molecule has 5 aromatic rings. The maximum Gasteiger partial charge on any atom is 0.414 e.